The summed E-state index contributed by atoms with van der Waals surface area (Å²) in [7, 11) is 1.73. The first-order chi connectivity index (χ1) is 13.6. The molecule has 0 spiro atoms. The average molecular weight is 401 g/mol. The van der Waals surface area contributed by atoms with Gasteiger partial charge >= 0.3 is 11.9 Å². The molecule has 0 fully saturated rings. The molecule has 5 heteroatoms. The molecule has 5 nitrogen and oxygen atoms in total. The van der Waals surface area contributed by atoms with Crippen molar-refractivity contribution in [2.75, 3.05) is 26.9 Å². The zero-order valence-corrected chi connectivity index (χ0v) is 18.6. The number of rotatable bonds is 20. The van der Waals surface area contributed by atoms with Crippen molar-refractivity contribution in [3.63, 3.8) is 0 Å². The Morgan fingerprint density at radius 2 is 1.21 bits per heavy atom. The number of methoxy groups -OCH3 is 1. The van der Waals surface area contributed by atoms with Gasteiger partial charge in [-0.05, 0) is 38.0 Å². The maximum atomic E-state index is 11.8. The zero-order chi connectivity index (χ0) is 20.9. The molecule has 1 atom stereocenters. The van der Waals surface area contributed by atoms with Gasteiger partial charge in [0.05, 0.1) is 13.2 Å². The van der Waals surface area contributed by atoms with Crippen molar-refractivity contribution in [1.82, 2.24) is 0 Å². The number of esters is 2. The highest BCUT2D eigenvalue weighted by Gasteiger charge is 2.10. The molecule has 0 saturated heterocycles. The third kappa shape index (κ3) is 18.3. The molecule has 0 aromatic carbocycles. The molecule has 0 aliphatic carbocycles. The summed E-state index contributed by atoms with van der Waals surface area (Å²) in [5, 5.41) is 0. The lowest BCUT2D eigenvalue weighted by molar-refractivity contribution is -0.144. The van der Waals surface area contributed by atoms with Gasteiger partial charge < -0.3 is 14.2 Å². The van der Waals surface area contributed by atoms with Crippen molar-refractivity contribution in [3.05, 3.63) is 0 Å². The quantitative estimate of drug-likeness (QED) is 0.190. The van der Waals surface area contributed by atoms with Crippen LogP contribution in [-0.2, 0) is 23.8 Å². The van der Waals surface area contributed by atoms with Gasteiger partial charge in [0.15, 0.2) is 0 Å². The Kier molecular flexibility index (Phi) is 19.8. The minimum Gasteiger partial charge on any atom is -0.466 e. The third-order valence-electron chi connectivity index (χ3n) is 5.01. The summed E-state index contributed by atoms with van der Waals surface area (Å²) in [6.07, 6.45) is 13.3. The molecule has 0 aliphatic heterocycles. The normalized spacial score (nSPS) is 12.0. The second kappa shape index (κ2) is 20.6. The van der Waals surface area contributed by atoms with E-state index in [2.05, 4.69) is 13.8 Å². The van der Waals surface area contributed by atoms with Crippen LogP contribution in [0.15, 0.2) is 0 Å². The fourth-order valence-corrected chi connectivity index (χ4v) is 3.12. The molecule has 166 valence electrons. The number of ether oxygens (including phenoxy) is 3. The predicted molar refractivity (Wildman–Crippen MR) is 113 cm³/mol. The molecular weight excluding hydrogens is 356 g/mol. The van der Waals surface area contributed by atoms with E-state index in [-0.39, 0.29) is 11.9 Å². The summed E-state index contributed by atoms with van der Waals surface area (Å²) < 4.78 is 15.8. The minimum absolute atomic E-state index is 0.117. The maximum Gasteiger partial charge on any atom is 0.305 e. The van der Waals surface area contributed by atoms with Crippen molar-refractivity contribution in [3.8, 4) is 0 Å². The van der Waals surface area contributed by atoms with Crippen molar-refractivity contribution in [2.45, 2.75) is 104 Å². The number of hydrogen-bond acceptors (Lipinski definition) is 5. The lowest BCUT2D eigenvalue weighted by Gasteiger charge is -2.16. The molecule has 0 aliphatic rings. The van der Waals surface area contributed by atoms with Crippen LogP contribution in [0.25, 0.3) is 0 Å². The Hall–Kier alpha value is -1.10. The molecular formula is C23H44O5. The Labute approximate surface area is 172 Å². The van der Waals surface area contributed by atoms with E-state index in [9.17, 15) is 9.59 Å². The molecule has 0 heterocycles. The van der Waals surface area contributed by atoms with Gasteiger partial charge in [0.2, 0.25) is 0 Å². The molecule has 0 aromatic heterocycles. The van der Waals surface area contributed by atoms with Gasteiger partial charge in [0.1, 0.15) is 0 Å². The van der Waals surface area contributed by atoms with E-state index in [0.717, 1.165) is 51.6 Å². The first-order valence-electron chi connectivity index (χ1n) is 11.4. The van der Waals surface area contributed by atoms with E-state index in [1.54, 1.807) is 7.11 Å². The monoisotopic (exact) mass is 400 g/mol. The van der Waals surface area contributed by atoms with Gasteiger partial charge in [0.25, 0.3) is 0 Å². The largest absolute Gasteiger partial charge is 0.466 e. The first kappa shape index (κ1) is 26.9. The predicted octanol–water partition coefficient (Wildman–Crippen LogP) is 5.84. The van der Waals surface area contributed by atoms with Gasteiger partial charge in [-0.2, -0.15) is 0 Å². The van der Waals surface area contributed by atoms with Gasteiger partial charge in [-0.1, -0.05) is 58.8 Å². The fraction of sp³-hybridized carbons (Fsp3) is 0.913. The number of carbonyl (C=O) groups is 2. The first-order valence-corrected chi connectivity index (χ1v) is 11.4. The molecule has 0 saturated carbocycles. The molecule has 0 amide bonds. The van der Waals surface area contributed by atoms with Crippen molar-refractivity contribution in [1.29, 1.82) is 0 Å². The minimum atomic E-state index is -0.125. The lowest BCUT2D eigenvalue weighted by atomic mass is 9.96. The molecule has 0 radical (unpaired) electrons. The van der Waals surface area contributed by atoms with Crippen LogP contribution < -0.4 is 0 Å². The van der Waals surface area contributed by atoms with Crippen LogP contribution in [0.5, 0.6) is 0 Å². The topological polar surface area (TPSA) is 61.8 Å². The Morgan fingerprint density at radius 1 is 0.643 bits per heavy atom. The molecule has 28 heavy (non-hydrogen) atoms. The fourth-order valence-electron chi connectivity index (χ4n) is 3.12. The van der Waals surface area contributed by atoms with Crippen molar-refractivity contribution < 1.29 is 23.8 Å². The summed E-state index contributed by atoms with van der Waals surface area (Å²) in [5.74, 6) is 0.327. The van der Waals surface area contributed by atoms with E-state index in [0.29, 0.717) is 32.0 Å². The highest BCUT2D eigenvalue weighted by molar-refractivity contribution is 5.69. The van der Waals surface area contributed by atoms with Gasteiger partial charge in [-0.3, -0.25) is 9.59 Å². The SMILES string of the molecule is CCCCCCOC(=O)CCCCCC(=O)OCCC(CCCC)CCOC. The molecule has 0 rings (SSSR count). The highest BCUT2D eigenvalue weighted by Crippen LogP contribution is 2.17. The Bertz CT molecular complexity index is 362. The summed E-state index contributed by atoms with van der Waals surface area (Å²) in [5.41, 5.74) is 0. The highest BCUT2D eigenvalue weighted by atomic mass is 16.5. The van der Waals surface area contributed by atoms with E-state index in [1.165, 1.54) is 32.1 Å². The smallest absolute Gasteiger partial charge is 0.305 e. The standard InChI is InChI=1S/C23H44O5/c1-4-6-8-12-18-27-22(24)14-10-9-11-15-23(25)28-20-17-21(13-7-5-2)16-19-26-3/h21H,4-20H2,1-3H3. The van der Waals surface area contributed by atoms with Crippen LogP contribution in [0.1, 0.15) is 104 Å². The summed E-state index contributed by atoms with van der Waals surface area (Å²) in [4.78, 5) is 23.4. The average Bonchev–Trinajstić information content (AvgIpc) is 2.69. The maximum absolute atomic E-state index is 11.8. The van der Waals surface area contributed by atoms with Crippen LogP contribution in [0.3, 0.4) is 0 Å². The number of carbonyl (C=O) groups excluding carboxylic acids is 2. The van der Waals surface area contributed by atoms with Crippen LogP contribution >= 0.6 is 0 Å². The second-order valence-corrected chi connectivity index (χ2v) is 7.64. The molecule has 0 N–H and O–H groups in total. The van der Waals surface area contributed by atoms with Gasteiger partial charge in [-0.25, -0.2) is 0 Å². The summed E-state index contributed by atoms with van der Waals surface area (Å²) >= 11 is 0. The van der Waals surface area contributed by atoms with Gasteiger partial charge in [-0.15, -0.1) is 0 Å². The molecule has 0 bridgehead atoms. The van der Waals surface area contributed by atoms with Crippen molar-refractivity contribution >= 4 is 11.9 Å². The third-order valence-corrected chi connectivity index (χ3v) is 5.01. The van der Waals surface area contributed by atoms with Crippen LogP contribution in [0.4, 0.5) is 0 Å². The molecule has 0 aromatic rings. The van der Waals surface area contributed by atoms with Crippen LogP contribution in [0, 0.1) is 5.92 Å². The number of unbranched alkanes of at least 4 members (excludes halogenated alkanes) is 6. The van der Waals surface area contributed by atoms with E-state index in [4.69, 9.17) is 14.2 Å². The zero-order valence-electron chi connectivity index (χ0n) is 18.6. The summed E-state index contributed by atoms with van der Waals surface area (Å²) in [6.45, 7) is 6.16. The lowest BCUT2D eigenvalue weighted by Crippen LogP contribution is -2.12. The van der Waals surface area contributed by atoms with Crippen LogP contribution in [0.2, 0.25) is 0 Å². The molecule has 1 unspecified atom stereocenters. The van der Waals surface area contributed by atoms with E-state index in [1.807, 2.05) is 0 Å². The van der Waals surface area contributed by atoms with Crippen molar-refractivity contribution in [2.24, 2.45) is 5.92 Å². The summed E-state index contributed by atoms with van der Waals surface area (Å²) in [6, 6.07) is 0. The van der Waals surface area contributed by atoms with Crippen LogP contribution in [-0.4, -0.2) is 38.9 Å². The Morgan fingerprint density at radius 3 is 1.82 bits per heavy atom. The van der Waals surface area contributed by atoms with E-state index < -0.39 is 0 Å². The number of hydrogen-bond donors (Lipinski definition) is 0. The van der Waals surface area contributed by atoms with Gasteiger partial charge in [0, 0.05) is 26.6 Å². The Balaban J connectivity index is 3.61. The van der Waals surface area contributed by atoms with E-state index >= 15 is 0 Å². The second-order valence-electron chi connectivity index (χ2n) is 7.64.